The van der Waals surface area contributed by atoms with Crippen molar-refractivity contribution >= 4 is 68.6 Å². The molecular weight excluding hydrogens is 1890 g/mol. The summed E-state index contributed by atoms with van der Waals surface area (Å²) in [6.45, 7) is 34.0. The molecule has 0 unspecified atom stereocenters. The molecule has 9 N–H and O–H groups in total. The second-order valence-electron chi connectivity index (χ2n) is 31.8. The third-order valence-corrected chi connectivity index (χ3v) is 21.6. The van der Waals surface area contributed by atoms with E-state index in [1.807, 2.05) is 179 Å². The van der Waals surface area contributed by atoms with Crippen molar-refractivity contribution < 1.29 is 67.1 Å². The number of aromatic hydroxyl groups is 2. The predicted molar refractivity (Wildman–Crippen MR) is 550 cm³/mol. The van der Waals surface area contributed by atoms with E-state index >= 15 is 0 Å². The summed E-state index contributed by atoms with van der Waals surface area (Å²) in [4.78, 5) is 61.7. The quantitative estimate of drug-likeness (QED) is 0.00869. The maximum atomic E-state index is 9.82. The summed E-state index contributed by atoms with van der Waals surface area (Å²) in [6, 6.07) is 62.9. The zero-order chi connectivity index (χ0) is 100.0. The van der Waals surface area contributed by atoms with Crippen molar-refractivity contribution in [1.82, 2.24) is 59.8 Å². The number of rotatable bonds is 33. The average molecular weight is 2010 g/mol. The lowest BCUT2D eigenvalue weighted by Gasteiger charge is -2.19. The number of carbonyl (C=O) groups excluding carboxylic acids is 1. The number of nitrogens with one attached hydrogen (secondary N) is 3. The number of aromatic nitrogens is 12. The first-order chi connectivity index (χ1) is 67.9. The molecule has 6 aliphatic rings. The van der Waals surface area contributed by atoms with E-state index in [-0.39, 0.29) is 50.5 Å². The summed E-state index contributed by atoms with van der Waals surface area (Å²) in [7, 11) is 0. The Bertz CT molecular complexity index is 5940. The molecule has 0 radical (unpaired) electrons. The summed E-state index contributed by atoms with van der Waals surface area (Å²) in [5, 5.41) is 30.1. The number of halogens is 3. The van der Waals surface area contributed by atoms with E-state index in [2.05, 4.69) is 144 Å². The van der Waals surface area contributed by atoms with Crippen molar-refractivity contribution in [3.05, 3.63) is 337 Å². The van der Waals surface area contributed by atoms with Crippen LogP contribution in [0, 0.1) is 0 Å². The summed E-state index contributed by atoms with van der Waals surface area (Å²) >= 11 is 14.0. The van der Waals surface area contributed by atoms with Crippen molar-refractivity contribution in [1.29, 1.82) is 0 Å². The van der Waals surface area contributed by atoms with Gasteiger partial charge in [0.15, 0.2) is 0 Å². The summed E-state index contributed by atoms with van der Waals surface area (Å²) in [5.74, 6) is 8.57. The van der Waals surface area contributed by atoms with Gasteiger partial charge in [0.25, 0.3) is 0 Å². The number of carbonyl (C=O) groups is 1. The van der Waals surface area contributed by atoms with E-state index < -0.39 is 0 Å². The second-order valence-corrected chi connectivity index (χ2v) is 33.1. The van der Waals surface area contributed by atoms with Crippen molar-refractivity contribution in [2.45, 2.75) is 134 Å². The van der Waals surface area contributed by atoms with Crippen LogP contribution in [0.5, 0.6) is 70.0 Å². The summed E-state index contributed by atoms with van der Waals surface area (Å²) < 4.78 is 60.0. The Morgan fingerprint density at radius 2 is 0.879 bits per heavy atom. The van der Waals surface area contributed by atoms with Crippen LogP contribution in [-0.2, 0) is 50.9 Å². The molecule has 4 aliphatic carbocycles. The van der Waals surface area contributed by atoms with Crippen LogP contribution in [-0.4, -0.2) is 154 Å². The molecule has 1 spiro atoms. The fraction of sp³-hybridized carbons (Fsp3) is 0.311. The minimum atomic E-state index is -0.228. The first kappa shape index (κ1) is 108. The SMILES string of the molecule is C=CCBr.C=CCOc1ccc(C2(Nc3nc(Cc4cccc(OCC=C)c4)nc(OCC)n3)CC2)cc1.C=CCOc1cccc(Cc2nc(NC3(c4ccc(O)cc4)CC3)nc(OCC)n2)c1.C=CCOc1cccc(N)c1.CCOC(C)=O.CCOc1nc(Cl)nc(Cl)n1.CCOc1nc2nc(n1)NC1(CC1)c1ccc(cc1)OCC=CCOc1cccc(c1)C2.NC1(c2ccc(O)cc2)CC1. The highest BCUT2D eigenvalue weighted by Gasteiger charge is 2.48. The molecule has 4 fully saturated rings. The fourth-order valence-corrected chi connectivity index (χ4v) is 13.9. The molecule has 0 saturated heterocycles. The van der Waals surface area contributed by atoms with Gasteiger partial charge in [-0.3, -0.25) is 4.79 Å². The van der Waals surface area contributed by atoms with Crippen molar-refractivity contribution in [2.24, 2.45) is 5.73 Å². The van der Waals surface area contributed by atoms with Crippen molar-refractivity contribution in [2.75, 3.05) is 99.7 Å². The fourth-order valence-electron chi connectivity index (χ4n) is 13.5. The molecule has 140 heavy (non-hydrogen) atoms. The first-order valence-electron chi connectivity index (χ1n) is 45.9. The standard InChI is InChI=1S/C27H30N4O3.C25H26N4O3.C24H26N4O3.2C9H11NO.C5H5Cl2N3O.C4H8O2.C3H5Br/c1-4-16-33-22-12-10-21(11-13-22)27(14-15-27)31-25-28-24(29-26(30-25)32-6-3)19-20-8-7-9-23(18-20)34-17-5-2;1-2-30-24-27-22-17-18-6-5-7-21(16-18)32-15-4-3-14-31-20-10-8-19(9-11-20)25(12-13-25)29-23(26-22)28-24;1-3-14-31-20-7-5-6-17(15-20)16-21-25-22(27-23(26-21)30-4-2)28-24(12-13-24)18-8-10-19(29)11-9-18;10-9(5-6-9)7-1-3-8(11)4-2-7;1-2-6-11-9-5-3-4-8(10)7-9;1-2-11-5-9-3(6)8-4(7)10-5;1-3-6-4(2)5;1-2-3-4/h4-5,7-13,18H,1-2,6,14-17,19H2,3H3,(H,28,29,30,31);3-11,16H,2,12-15,17H2,1H3,(H,26,27,28,29);3,5-11,15,29H,1,4,12-14,16H2,2H3,(H,25,26,27,28);1-4,11H,5-6,10H2;2-5,7H,1,6,10H2;2H2,1H3;3H2,1-2H3;2H,1,3H2. The Morgan fingerprint density at radius 3 is 1.31 bits per heavy atom. The molecule has 6 bridgehead atoms. The Kier molecular flexibility index (Phi) is 42.9. The van der Waals surface area contributed by atoms with Gasteiger partial charge in [0.2, 0.25) is 28.4 Å². The number of phenols is 2. The van der Waals surface area contributed by atoms with Crippen molar-refractivity contribution in [3.63, 3.8) is 0 Å². The second kappa shape index (κ2) is 55.8. The number of nitrogen functional groups attached to an aromatic ring is 1. The van der Waals surface area contributed by atoms with Crippen LogP contribution in [0.1, 0.15) is 149 Å². The van der Waals surface area contributed by atoms with Gasteiger partial charge < -0.3 is 89.7 Å². The number of benzene rings is 8. The van der Waals surface area contributed by atoms with E-state index in [9.17, 15) is 9.90 Å². The van der Waals surface area contributed by atoms with E-state index in [0.717, 1.165) is 119 Å². The normalized spacial score (nSPS) is 13.7. The Hall–Kier alpha value is -14.5. The molecule has 0 atom stereocenters. The number of fused-ring (bicyclic) bond motifs is 6. The zero-order valence-corrected chi connectivity index (χ0v) is 82.9. The largest absolute Gasteiger partial charge is 0.508 e. The van der Waals surface area contributed by atoms with Gasteiger partial charge in [-0.25, -0.2) is 0 Å². The lowest BCUT2D eigenvalue weighted by atomic mass is 10.1. The number of allylic oxidation sites excluding steroid dienone is 1. The number of hydrogen-bond acceptors (Lipinski definition) is 31. The molecule has 0 amide bonds. The van der Waals surface area contributed by atoms with Crippen LogP contribution in [0.2, 0.25) is 10.6 Å². The van der Waals surface area contributed by atoms with Crippen molar-refractivity contribution in [3.8, 4) is 70.0 Å². The minimum Gasteiger partial charge on any atom is -0.508 e. The number of anilines is 4. The Labute approximate surface area is 836 Å². The number of esters is 1. The first-order valence-corrected chi connectivity index (χ1v) is 47.8. The number of phenolic OH excluding ortho intramolecular Hbond substituents is 2. The van der Waals surface area contributed by atoms with Gasteiger partial charge in [0, 0.05) is 48.8 Å². The number of nitrogens with zero attached hydrogens (tertiary/aromatic N) is 12. The minimum absolute atomic E-state index is 0.0356. The van der Waals surface area contributed by atoms with E-state index in [1.54, 1.807) is 67.6 Å². The van der Waals surface area contributed by atoms with Crippen LogP contribution < -0.4 is 74.8 Å². The molecule has 8 aromatic carbocycles. The van der Waals surface area contributed by atoms with Crippen LogP contribution in [0.3, 0.4) is 0 Å². The van der Waals surface area contributed by atoms with Crippen LogP contribution in [0.4, 0.5) is 23.5 Å². The summed E-state index contributed by atoms with van der Waals surface area (Å²) in [5.41, 5.74) is 19.2. The van der Waals surface area contributed by atoms with E-state index in [4.69, 9.17) is 97.1 Å². The lowest BCUT2D eigenvalue weighted by molar-refractivity contribution is -0.140. The van der Waals surface area contributed by atoms with Gasteiger partial charge in [-0.2, -0.15) is 59.8 Å². The zero-order valence-electron chi connectivity index (χ0n) is 79.8. The maximum Gasteiger partial charge on any atom is 0.322 e. The van der Waals surface area contributed by atoms with Crippen LogP contribution >= 0.6 is 39.1 Å². The lowest BCUT2D eigenvalue weighted by Crippen LogP contribution is -2.21. The molecule has 12 aromatic rings. The number of ether oxygens (including phenoxy) is 11. The molecule has 736 valence electrons. The van der Waals surface area contributed by atoms with Gasteiger partial charge in [-0.15, -0.1) is 6.58 Å². The third-order valence-electron chi connectivity index (χ3n) is 20.8. The Balaban J connectivity index is 0.000000178. The van der Waals surface area contributed by atoms with E-state index in [0.29, 0.717) is 157 Å². The average Bonchev–Trinajstić information content (AvgIpc) is 1.62. The van der Waals surface area contributed by atoms with Crippen LogP contribution in [0.25, 0.3) is 0 Å². The monoisotopic (exact) mass is 2010 g/mol. The number of nitrogens with two attached hydrogens (primary N) is 2. The molecular formula is C106H122BrCl2N17O14. The van der Waals surface area contributed by atoms with Gasteiger partial charge >= 0.3 is 30.0 Å². The molecule has 34 heteroatoms. The molecule has 2 aliphatic heterocycles. The highest BCUT2D eigenvalue weighted by molar-refractivity contribution is 9.09. The summed E-state index contributed by atoms with van der Waals surface area (Å²) in [6.07, 6.45) is 22.3. The number of hydrogen-bond donors (Lipinski definition) is 7. The van der Waals surface area contributed by atoms with Gasteiger partial charge in [0.05, 0.1) is 49.7 Å². The van der Waals surface area contributed by atoms with Gasteiger partial charge in [0.1, 0.15) is 103 Å². The molecule has 31 nitrogen and oxygen atoms in total. The molecule has 4 aromatic heterocycles. The third kappa shape index (κ3) is 36.5. The maximum absolute atomic E-state index is 9.82. The van der Waals surface area contributed by atoms with Crippen LogP contribution in [0.15, 0.2) is 270 Å². The molecule has 18 rings (SSSR count). The highest BCUT2D eigenvalue weighted by Crippen LogP contribution is 2.51. The highest BCUT2D eigenvalue weighted by atomic mass is 79.9. The smallest absolute Gasteiger partial charge is 0.322 e. The van der Waals surface area contributed by atoms with E-state index in [1.165, 1.54) is 18.1 Å². The Morgan fingerprint density at radius 1 is 0.450 bits per heavy atom. The van der Waals surface area contributed by atoms with Gasteiger partial charge in [-0.1, -0.05) is 164 Å². The molecule has 4 saturated carbocycles. The topological polar surface area (TPSA) is 402 Å². The number of alkyl halides is 1. The predicted octanol–water partition coefficient (Wildman–Crippen LogP) is 20.5. The van der Waals surface area contributed by atoms with Gasteiger partial charge in [-0.05, 0) is 257 Å². The molecule has 6 heterocycles.